The monoisotopic (exact) mass is 280 g/mol. The number of hydrogen-bond donors (Lipinski definition) is 1. The predicted octanol–water partition coefficient (Wildman–Crippen LogP) is 3.62. The number of esters is 1. The standard InChI is InChI=1S/C16H24O4/c1-3-4-5-6-7-10-16(11-12-16)20-15(19)13(2)8-9-14(17)18/h8-9H,2-7,10-12H2,1H3,(H,17,18). The third-order valence-electron chi connectivity index (χ3n) is 3.54. The minimum Gasteiger partial charge on any atom is -0.478 e. The van der Waals surface area contributed by atoms with Crippen LogP contribution in [0.3, 0.4) is 0 Å². The Labute approximate surface area is 120 Å². The Bertz CT molecular complexity index is 391. The molecule has 1 aliphatic carbocycles. The lowest BCUT2D eigenvalue weighted by molar-refractivity contribution is -0.146. The number of aliphatic carboxylic acids is 1. The summed E-state index contributed by atoms with van der Waals surface area (Å²) in [6.07, 6.45) is 10.7. The highest BCUT2D eigenvalue weighted by Crippen LogP contribution is 2.44. The van der Waals surface area contributed by atoms with Crippen molar-refractivity contribution in [1.82, 2.24) is 0 Å². The summed E-state index contributed by atoms with van der Waals surface area (Å²) >= 11 is 0. The van der Waals surface area contributed by atoms with Crippen molar-refractivity contribution in [2.24, 2.45) is 0 Å². The van der Waals surface area contributed by atoms with E-state index in [2.05, 4.69) is 13.5 Å². The highest BCUT2D eigenvalue weighted by atomic mass is 16.6. The van der Waals surface area contributed by atoms with Gasteiger partial charge in [0, 0.05) is 6.08 Å². The molecular formula is C16H24O4. The molecule has 0 aliphatic heterocycles. The SMILES string of the molecule is C=C(C=CC(=O)O)C(=O)OC1(CCCCCCC)CC1. The molecule has 4 nitrogen and oxygen atoms in total. The van der Waals surface area contributed by atoms with Gasteiger partial charge in [-0.15, -0.1) is 0 Å². The second kappa shape index (κ2) is 7.88. The summed E-state index contributed by atoms with van der Waals surface area (Å²) in [6.45, 7) is 5.72. The molecule has 0 heterocycles. The number of carboxylic acids is 1. The number of unbranched alkanes of at least 4 members (excludes halogenated alkanes) is 4. The van der Waals surface area contributed by atoms with E-state index in [9.17, 15) is 9.59 Å². The Morgan fingerprint density at radius 3 is 2.40 bits per heavy atom. The van der Waals surface area contributed by atoms with Crippen molar-refractivity contribution in [2.45, 2.75) is 63.9 Å². The topological polar surface area (TPSA) is 63.6 Å². The fourth-order valence-corrected chi connectivity index (χ4v) is 2.10. The van der Waals surface area contributed by atoms with Gasteiger partial charge in [0.2, 0.25) is 0 Å². The molecule has 0 saturated heterocycles. The van der Waals surface area contributed by atoms with Crippen LogP contribution in [0, 0.1) is 0 Å². The highest BCUT2D eigenvalue weighted by Gasteiger charge is 2.46. The molecule has 1 aliphatic rings. The lowest BCUT2D eigenvalue weighted by Gasteiger charge is -2.16. The third-order valence-corrected chi connectivity index (χ3v) is 3.54. The minimum absolute atomic E-state index is 0.0876. The summed E-state index contributed by atoms with van der Waals surface area (Å²) < 4.78 is 5.47. The first-order chi connectivity index (χ1) is 9.49. The second-order valence-corrected chi connectivity index (χ2v) is 5.43. The van der Waals surface area contributed by atoms with E-state index >= 15 is 0 Å². The van der Waals surface area contributed by atoms with E-state index in [4.69, 9.17) is 9.84 Å². The van der Waals surface area contributed by atoms with Crippen molar-refractivity contribution in [2.75, 3.05) is 0 Å². The molecule has 0 atom stereocenters. The fourth-order valence-electron chi connectivity index (χ4n) is 2.10. The van der Waals surface area contributed by atoms with Gasteiger partial charge in [-0.3, -0.25) is 0 Å². The number of rotatable bonds is 10. The highest BCUT2D eigenvalue weighted by molar-refractivity contribution is 5.93. The van der Waals surface area contributed by atoms with Crippen molar-refractivity contribution in [3.05, 3.63) is 24.3 Å². The van der Waals surface area contributed by atoms with Gasteiger partial charge in [0.25, 0.3) is 0 Å². The van der Waals surface area contributed by atoms with E-state index in [1.165, 1.54) is 31.8 Å². The van der Waals surface area contributed by atoms with Gasteiger partial charge in [0.05, 0.1) is 5.57 Å². The van der Waals surface area contributed by atoms with Crippen molar-refractivity contribution < 1.29 is 19.4 Å². The van der Waals surface area contributed by atoms with Crippen LogP contribution in [-0.4, -0.2) is 22.6 Å². The van der Waals surface area contributed by atoms with Crippen LogP contribution in [0.15, 0.2) is 24.3 Å². The van der Waals surface area contributed by atoms with E-state index < -0.39 is 11.9 Å². The Balaban J connectivity index is 2.30. The molecule has 0 spiro atoms. The Morgan fingerprint density at radius 1 is 1.20 bits per heavy atom. The van der Waals surface area contributed by atoms with Crippen molar-refractivity contribution in [3.8, 4) is 0 Å². The number of carbonyl (C=O) groups is 2. The van der Waals surface area contributed by atoms with Gasteiger partial charge in [-0.2, -0.15) is 0 Å². The van der Waals surface area contributed by atoms with Crippen LogP contribution in [0.1, 0.15) is 58.3 Å². The van der Waals surface area contributed by atoms with Crippen LogP contribution in [-0.2, 0) is 14.3 Å². The summed E-state index contributed by atoms with van der Waals surface area (Å²) in [6, 6.07) is 0. The Morgan fingerprint density at radius 2 is 1.85 bits per heavy atom. The first-order valence-corrected chi connectivity index (χ1v) is 7.32. The first-order valence-electron chi connectivity index (χ1n) is 7.32. The molecule has 0 radical (unpaired) electrons. The maximum Gasteiger partial charge on any atom is 0.338 e. The van der Waals surface area contributed by atoms with E-state index in [0.717, 1.165) is 31.8 Å². The van der Waals surface area contributed by atoms with Gasteiger partial charge in [-0.05, 0) is 31.8 Å². The van der Waals surface area contributed by atoms with E-state index in [0.29, 0.717) is 0 Å². The zero-order chi connectivity index (χ0) is 15.0. The maximum absolute atomic E-state index is 11.8. The van der Waals surface area contributed by atoms with Crippen LogP contribution >= 0.6 is 0 Å². The molecule has 20 heavy (non-hydrogen) atoms. The molecule has 112 valence electrons. The molecule has 0 bridgehead atoms. The zero-order valence-electron chi connectivity index (χ0n) is 12.2. The van der Waals surface area contributed by atoms with Crippen LogP contribution in [0.5, 0.6) is 0 Å². The largest absolute Gasteiger partial charge is 0.478 e. The summed E-state index contributed by atoms with van der Waals surface area (Å²) in [5, 5.41) is 8.50. The Kier molecular flexibility index (Phi) is 6.49. The summed E-state index contributed by atoms with van der Waals surface area (Å²) in [4.78, 5) is 22.2. The zero-order valence-corrected chi connectivity index (χ0v) is 12.2. The summed E-state index contributed by atoms with van der Waals surface area (Å²) in [5.74, 6) is -1.61. The van der Waals surface area contributed by atoms with Gasteiger partial charge in [0.15, 0.2) is 0 Å². The Hall–Kier alpha value is -1.58. The lowest BCUT2D eigenvalue weighted by atomic mass is 10.1. The molecule has 0 amide bonds. The number of carbonyl (C=O) groups excluding carboxylic acids is 1. The number of ether oxygens (including phenoxy) is 1. The molecule has 1 N–H and O–H groups in total. The fraction of sp³-hybridized carbons (Fsp3) is 0.625. The van der Waals surface area contributed by atoms with E-state index in [-0.39, 0.29) is 11.2 Å². The number of hydrogen-bond acceptors (Lipinski definition) is 3. The normalized spacial score (nSPS) is 16.1. The lowest BCUT2D eigenvalue weighted by Crippen LogP contribution is -2.20. The van der Waals surface area contributed by atoms with Crippen LogP contribution in [0.2, 0.25) is 0 Å². The van der Waals surface area contributed by atoms with Gasteiger partial charge in [0.1, 0.15) is 5.60 Å². The minimum atomic E-state index is -1.10. The van der Waals surface area contributed by atoms with Crippen LogP contribution < -0.4 is 0 Å². The summed E-state index contributed by atoms with van der Waals surface area (Å²) in [7, 11) is 0. The molecule has 0 unspecified atom stereocenters. The van der Waals surface area contributed by atoms with Gasteiger partial charge < -0.3 is 9.84 Å². The van der Waals surface area contributed by atoms with Crippen molar-refractivity contribution >= 4 is 11.9 Å². The van der Waals surface area contributed by atoms with Gasteiger partial charge >= 0.3 is 11.9 Å². The number of carboxylic acid groups (broad SMARTS) is 1. The molecule has 0 aromatic rings. The quantitative estimate of drug-likeness (QED) is 0.287. The molecule has 1 saturated carbocycles. The predicted molar refractivity (Wildman–Crippen MR) is 77.3 cm³/mol. The maximum atomic E-state index is 11.8. The van der Waals surface area contributed by atoms with Gasteiger partial charge in [-0.1, -0.05) is 39.2 Å². The summed E-state index contributed by atoms with van der Waals surface area (Å²) in [5.41, 5.74) is -0.215. The molecular weight excluding hydrogens is 256 g/mol. The molecule has 0 aromatic carbocycles. The average molecular weight is 280 g/mol. The van der Waals surface area contributed by atoms with Gasteiger partial charge in [-0.25, -0.2) is 9.59 Å². The molecule has 0 aromatic heterocycles. The van der Waals surface area contributed by atoms with Crippen molar-refractivity contribution in [3.63, 3.8) is 0 Å². The molecule has 1 fully saturated rings. The van der Waals surface area contributed by atoms with E-state index in [1.54, 1.807) is 0 Å². The average Bonchev–Trinajstić information content (AvgIpc) is 3.15. The van der Waals surface area contributed by atoms with Crippen LogP contribution in [0.25, 0.3) is 0 Å². The van der Waals surface area contributed by atoms with E-state index in [1.807, 2.05) is 0 Å². The molecule has 1 rings (SSSR count). The van der Waals surface area contributed by atoms with Crippen LogP contribution in [0.4, 0.5) is 0 Å². The molecule has 4 heteroatoms. The smallest absolute Gasteiger partial charge is 0.338 e. The van der Waals surface area contributed by atoms with Crippen molar-refractivity contribution in [1.29, 1.82) is 0 Å². The first kappa shape index (κ1) is 16.5. The second-order valence-electron chi connectivity index (χ2n) is 5.43. The third kappa shape index (κ3) is 6.04.